The first kappa shape index (κ1) is 15.4. The minimum atomic E-state index is -0.892. The second-order valence-electron chi connectivity index (χ2n) is 5.75. The molecule has 0 bridgehead atoms. The summed E-state index contributed by atoms with van der Waals surface area (Å²) in [4.78, 5) is 16.1. The van der Waals surface area contributed by atoms with Crippen LogP contribution in [0.25, 0.3) is 0 Å². The number of primary amides is 1. The zero-order chi connectivity index (χ0) is 13.8. The van der Waals surface area contributed by atoms with Gasteiger partial charge in [0.15, 0.2) is 0 Å². The van der Waals surface area contributed by atoms with Crippen LogP contribution < -0.4 is 11.5 Å². The van der Waals surface area contributed by atoms with Gasteiger partial charge >= 0.3 is 0 Å². The van der Waals surface area contributed by atoms with Crippen LogP contribution >= 0.6 is 0 Å². The Balaban J connectivity index is 2.55. The highest BCUT2D eigenvalue weighted by molar-refractivity contribution is 5.83. The lowest BCUT2D eigenvalue weighted by Gasteiger charge is -2.32. The van der Waals surface area contributed by atoms with Crippen molar-refractivity contribution < 1.29 is 4.79 Å². The first-order valence-corrected chi connectivity index (χ1v) is 6.88. The third kappa shape index (κ3) is 4.23. The van der Waals surface area contributed by atoms with Crippen molar-refractivity contribution in [1.29, 1.82) is 0 Å². The van der Waals surface area contributed by atoms with Crippen molar-refractivity contribution in [3.8, 4) is 0 Å². The Morgan fingerprint density at radius 1 is 1.44 bits per heavy atom. The lowest BCUT2D eigenvalue weighted by molar-refractivity contribution is -0.122. The second kappa shape index (κ2) is 6.50. The van der Waals surface area contributed by atoms with Gasteiger partial charge in [-0.15, -0.1) is 0 Å². The van der Waals surface area contributed by atoms with Gasteiger partial charge < -0.3 is 16.4 Å². The van der Waals surface area contributed by atoms with Gasteiger partial charge in [-0.2, -0.15) is 0 Å². The van der Waals surface area contributed by atoms with Gasteiger partial charge in [0.25, 0.3) is 0 Å². The molecule has 0 aromatic carbocycles. The highest BCUT2D eigenvalue weighted by atomic mass is 16.1. The van der Waals surface area contributed by atoms with E-state index in [1.54, 1.807) is 6.92 Å². The molecule has 1 saturated heterocycles. The number of nitrogens with zero attached hydrogens (tertiary/aromatic N) is 2. The second-order valence-corrected chi connectivity index (χ2v) is 5.75. The lowest BCUT2D eigenvalue weighted by Crippen LogP contribution is -2.52. The third-order valence-electron chi connectivity index (χ3n) is 3.98. The number of carbonyl (C=O) groups excluding carboxylic acids is 1. The van der Waals surface area contributed by atoms with Crippen LogP contribution in [-0.2, 0) is 4.79 Å². The van der Waals surface area contributed by atoms with Crippen molar-refractivity contribution >= 4 is 5.91 Å². The molecule has 18 heavy (non-hydrogen) atoms. The van der Waals surface area contributed by atoms with Crippen LogP contribution in [0.15, 0.2) is 0 Å². The molecular weight excluding hydrogens is 228 g/mol. The van der Waals surface area contributed by atoms with E-state index in [4.69, 9.17) is 11.5 Å². The summed E-state index contributed by atoms with van der Waals surface area (Å²) in [5, 5.41) is 0. The van der Waals surface area contributed by atoms with Crippen LogP contribution in [0, 0.1) is 0 Å². The van der Waals surface area contributed by atoms with Crippen molar-refractivity contribution in [2.75, 3.05) is 33.2 Å². The fraction of sp³-hybridized carbons (Fsp3) is 0.923. The van der Waals surface area contributed by atoms with Gasteiger partial charge in [0, 0.05) is 19.1 Å². The molecule has 2 atom stereocenters. The first-order valence-electron chi connectivity index (χ1n) is 6.88. The van der Waals surface area contributed by atoms with Crippen LogP contribution in [-0.4, -0.2) is 60.5 Å². The minimum absolute atomic E-state index is 0.414. The molecule has 0 aromatic rings. The van der Waals surface area contributed by atoms with Crippen molar-refractivity contribution in [3.63, 3.8) is 0 Å². The van der Waals surface area contributed by atoms with Crippen LogP contribution in [0.1, 0.15) is 33.1 Å². The Kier molecular flexibility index (Phi) is 5.56. The number of carbonyl (C=O) groups is 1. The zero-order valence-corrected chi connectivity index (χ0v) is 12.0. The van der Waals surface area contributed by atoms with Crippen molar-refractivity contribution in [1.82, 2.24) is 9.80 Å². The summed E-state index contributed by atoms with van der Waals surface area (Å²) in [6.07, 6.45) is 2.93. The van der Waals surface area contributed by atoms with Gasteiger partial charge in [-0.1, -0.05) is 6.92 Å². The van der Waals surface area contributed by atoms with Crippen LogP contribution in [0.4, 0.5) is 0 Å². The Labute approximate surface area is 110 Å². The Morgan fingerprint density at radius 3 is 2.67 bits per heavy atom. The van der Waals surface area contributed by atoms with Gasteiger partial charge in [-0.05, 0) is 46.3 Å². The Morgan fingerprint density at radius 2 is 2.11 bits per heavy atom. The van der Waals surface area contributed by atoms with Gasteiger partial charge in [0.2, 0.25) is 5.91 Å². The van der Waals surface area contributed by atoms with E-state index in [-0.39, 0.29) is 0 Å². The van der Waals surface area contributed by atoms with Crippen molar-refractivity contribution in [2.24, 2.45) is 11.5 Å². The predicted molar refractivity (Wildman–Crippen MR) is 74.2 cm³/mol. The molecular formula is C13H28N4O. The van der Waals surface area contributed by atoms with E-state index >= 15 is 0 Å². The fourth-order valence-electron chi connectivity index (χ4n) is 2.47. The Bertz CT molecular complexity index is 280. The molecule has 0 aromatic heterocycles. The normalized spacial score (nSPS) is 26.6. The first-order chi connectivity index (χ1) is 8.36. The molecule has 2 unspecified atom stereocenters. The molecule has 106 valence electrons. The van der Waals surface area contributed by atoms with E-state index in [1.165, 1.54) is 6.42 Å². The molecule has 1 aliphatic rings. The van der Waals surface area contributed by atoms with Crippen molar-refractivity contribution in [2.45, 2.75) is 44.7 Å². The summed E-state index contributed by atoms with van der Waals surface area (Å²) in [6.45, 7) is 8.10. The molecule has 1 rings (SSSR count). The minimum Gasteiger partial charge on any atom is -0.368 e. The quantitative estimate of drug-likeness (QED) is 0.726. The van der Waals surface area contributed by atoms with E-state index < -0.39 is 11.4 Å². The summed E-state index contributed by atoms with van der Waals surface area (Å²) in [5.74, 6) is -0.414. The summed E-state index contributed by atoms with van der Waals surface area (Å²) in [6, 6.07) is 0.557. The average molecular weight is 256 g/mol. The molecule has 4 N–H and O–H groups in total. The molecule has 1 amide bonds. The van der Waals surface area contributed by atoms with Crippen LogP contribution in [0.5, 0.6) is 0 Å². The summed E-state index contributed by atoms with van der Waals surface area (Å²) in [7, 11) is 2.17. The SMILES string of the molecule is CCC1CN(C)CCCN1CCC(C)(N)C(N)=O. The number of rotatable bonds is 5. The van der Waals surface area contributed by atoms with Crippen LogP contribution in [0.2, 0.25) is 0 Å². The maximum atomic E-state index is 11.2. The fourth-order valence-corrected chi connectivity index (χ4v) is 2.47. The number of likely N-dealkylation sites (N-methyl/N-ethyl adjacent to an activating group) is 1. The molecule has 5 heteroatoms. The van der Waals surface area contributed by atoms with E-state index in [9.17, 15) is 4.79 Å². The number of nitrogens with two attached hydrogens (primary N) is 2. The maximum absolute atomic E-state index is 11.2. The zero-order valence-electron chi connectivity index (χ0n) is 12.0. The molecule has 1 heterocycles. The summed E-state index contributed by atoms with van der Waals surface area (Å²) in [5.41, 5.74) is 10.3. The average Bonchev–Trinajstić information content (AvgIpc) is 2.47. The molecule has 5 nitrogen and oxygen atoms in total. The monoisotopic (exact) mass is 256 g/mol. The molecule has 0 radical (unpaired) electrons. The number of hydrogen-bond donors (Lipinski definition) is 2. The smallest absolute Gasteiger partial charge is 0.237 e. The molecule has 0 aliphatic carbocycles. The largest absolute Gasteiger partial charge is 0.368 e. The van der Waals surface area contributed by atoms with E-state index in [0.717, 1.165) is 32.6 Å². The summed E-state index contributed by atoms with van der Waals surface area (Å²) < 4.78 is 0. The third-order valence-corrected chi connectivity index (χ3v) is 3.98. The van der Waals surface area contributed by atoms with Gasteiger partial charge in [-0.25, -0.2) is 0 Å². The topological polar surface area (TPSA) is 75.6 Å². The predicted octanol–water partition coefficient (Wildman–Crippen LogP) is -0.00470. The Hall–Kier alpha value is -0.650. The lowest BCUT2D eigenvalue weighted by atomic mass is 9.97. The van der Waals surface area contributed by atoms with E-state index in [2.05, 4.69) is 23.8 Å². The molecule has 0 saturated carbocycles. The summed E-state index contributed by atoms with van der Waals surface area (Å²) >= 11 is 0. The highest BCUT2D eigenvalue weighted by Gasteiger charge is 2.28. The molecule has 0 spiro atoms. The van der Waals surface area contributed by atoms with E-state index in [1.807, 2.05) is 0 Å². The number of hydrogen-bond acceptors (Lipinski definition) is 4. The maximum Gasteiger partial charge on any atom is 0.237 e. The number of amides is 1. The van der Waals surface area contributed by atoms with E-state index in [0.29, 0.717) is 12.5 Å². The van der Waals surface area contributed by atoms with Gasteiger partial charge in [-0.3, -0.25) is 9.69 Å². The van der Waals surface area contributed by atoms with Gasteiger partial charge in [0.1, 0.15) is 0 Å². The molecule has 1 aliphatic heterocycles. The van der Waals surface area contributed by atoms with Crippen molar-refractivity contribution in [3.05, 3.63) is 0 Å². The van der Waals surface area contributed by atoms with Gasteiger partial charge in [0.05, 0.1) is 5.54 Å². The highest BCUT2D eigenvalue weighted by Crippen LogP contribution is 2.15. The molecule has 1 fully saturated rings. The standard InChI is InChI=1S/C13H28N4O/c1-4-11-10-16(3)7-5-8-17(11)9-6-13(2,15)12(14)18/h11H,4-10,15H2,1-3H3,(H2,14,18). The van der Waals surface area contributed by atoms with Crippen LogP contribution in [0.3, 0.4) is 0 Å².